The van der Waals surface area contributed by atoms with E-state index in [1.54, 1.807) is 0 Å². The number of carbonyl (C=O) groups is 1. The van der Waals surface area contributed by atoms with Gasteiger partial charge < -0.3 is 10.2 Å². The molecule has 26 heavy (non-hydrogen) atoms. The summed E-state index contributed by atoms with van der Waals surface area (Å²) in [5.74, 6) is 0.907. The SMILES string of the molecule is CNCCC1CCN(C(=O)c2ccc(Cn3nc(C)cc3C)cc2)CC1. The van der Waals surface area contributed by atoms with E-state index in [4.69, 9.17) is 0 Å². The van der Waals surface area contributed by atoms with E-state index in [0.29, 0.717) is 0 Å². The number of hydrogen-bond donors (Lipinski definition) is 1. The fraction of sp³-hybridized carbons (Fsp3) is 0.524. The molecule has 5 nitrogen and oxygen atoms in total. The number of rotatable bonds is 6. The Kier molecular flexibility index (Phi) is 6.09. The summed E-state index contributed by atoms with van der Waals surface area (Å²) in [4.78, 5) is 14.7. The van der Waals surface area contributed by atoms with Gasteiger partial charge in [-0.3, -0.25) is 9.48 Å². The highest BCUT2D eigenvalue weighted by Gasteiger charge is 2.23. The van der Waals surface area contributed by atoms with E-state index in [-0.39, 0.29) is 5.91 Å². The van der Waals surface area contributed by atoms with Crippen LogP contribution in [-0.2, 0) is 6.54 Å². The molecule has 0 saturated carbocycles. The lowest BCUT2D eigenvalue weighted by atomic mass is 9.93. The van der Waals surface area contributed by atoms with Gasteiger partial charge in [-0.25, -0.2) is 0 Å². The average Bonchev–Trinajstić information content (AvgIpc) is 2.97. The number of aryl methyl sites for hydroxylation is 2. The fourth-order valence-corrected chi connectivity index (χ4v) is 3.72. The molecule has 1 amide bonds. The first-order chi connectivity index (χ1) is 12.6. The summed E-state index contributed by atoms with van der Waals surface area (Å²) in [6.45, 7) is 7.63. The van der Waals surface area contributed by atoms with Gasteiger partial charge in [-0.05, 0) is 76.4 Å². The van der Waals surface area contributed by atoms with Crippen LogP contribution in [0.1, 0.15) is 46.6 Å². The molecule has 140 valence electrons. The lowest BCUT2D eigenvalue weighted by Gasteiger charge is -2.32. The van der Waals surface area contributed by atoms with Gasteiger partial charge in [0.2, 0.25) is 0 Å². The number of aromatic nitrogens is 2. The normalized spacial score (nSPS) is 15.4. The van der Waals surface area contributed by atoms with Gasteiger partial charge in [-0.1, -0.05) is 12.1 Å². The molecule has 1 aliphatic rings. The number of carbonyl (C=O) groups excluding carboxylic acids is 1. The van der Waals surface area contributed by atoms with Gasteiger partial charge in [0.15, 0.2) is 0 Å². The van der Waals surface area contributed by atoms with E-state index in [1.165, 1.54) is 12.0 Å². The van der Waals surface area contributed by atoms with E-state index >= 15 is 0 Å². The van der Waals surface area contributed by atoms with Crippen molar-refractivity contribution in [3.8, 4) is 0 Å². The van der Waals surface area contributed by atoms with Crippen molar-refractivity contribution < 1.29 is 4.79 Å². The largest absolute Gasteiger partial charge is 0.339 e. The second-order valence-electron chi connectivity index (χ2n) is 7.41. The highest BCUT2D eigenvalue weighted by Crippen LogP contribution is 2.21. The monoisotopic (exact) mass is 354 g/mol. The Morgan fingerprint density at radius 2 is 1.88 bits per heavy atom. The Hall–Kier alpha value is -2.14. The summed E-state index contributed by atoms with van der Waals surface area (Å²) in [6.07, 6.45) is 3.44. The Morgan fingerprint density at radius 1 is 1.19 bits per heavy atom. The summed E-state index contributed by atoms with van der Waals surface area (Å²) in [6, 6.07) is 10.1. The summed E-state index contributed by atoms with van der Waals surface area (Å²) in [5, 5.41) is 7.72. The molecule has 1 saturated heterocycles. The van der Waals surface area contributed by atoms with E-state index < -0.39 is 0 Å². The molecule has 2 heterocycles. The van der Waals surface area contributed by atoms with Crippen molar-refractivity contribution >= 4 is 5.91 Å². The molecular formula is C21H30N4O. The van der Waals surface area contributed by atoms with Crippen LogP contribution in [0, 0.1) is 19.8 Å². The number of nitrogens with one attached hydrogen (secondary N) is 1. The molecule has 1 fully saturated rings. The number of hydrogen-bond acceptors (Lipinski definition) is 3. The van der Waals surface area contributed by atoms with Gasteiger partial charge in [0.1, 0.15) is 0 Å². The molecule has 2 aromatic rings. The van der Waals surface area contributed by atoms with Crippen molar-refractivity contribution in [1.29, 1.82) is 0 Å². The quantitative estimate of drug-likeness (QED) is 0.867. The minimum atomic E-state index is 0.162. The number of likely N-dealkylation sites (tertiary alicyclic amines) is 1. The summed E-state index contributed by atoms with van der Waals surface area (Å²) in [5.41, 5.74) is 4.14. The lowest BCUT2D eigenvalue weighted by Crippen LogP contribution is -2.38. The number of piperidine rings is 1. The zero-order valence-corrected chi connectivity index (χ0v) is 16.2. The number of benzene rings is 1. The van der Waals surface area contributed by atoms with Crippen LogP contribution in [0.4, 0.5) is 0 Å². The molecule has 1 aromatic carbocycles. The van der Waals surface area contributed by atoms with Crippen LogP contribution in [0.2, 0.25) is 0 Å². The minimum Gasteiger partial charge on any atom is -0.339 e. The maximum atomic E-state index is 12.7. The molecule has 1 aromatic heterocycles. The topological polar surface area (TPSA) is 50.2 Å². The highest BCUT2D eigenvalue weighted by molar-refractivity contribution is 5.94. The molecule has 1 N–H and O–H groups in total. The van der Waals surface area contributed by atoms with Crippen molar-refractivity contribution in [3.05, 3.63) is 52.8 Å². The first-order valence-corrected chi connectivity index (χ1v) is 9.60. The molecule has 0 spiro atoms. The van der Waals surface area contributed by atoms with Gasteiger partial charge in [0.05, 0.1) is 12.2 Å². The Labute approximate surface area is 156 Å². The average molecular weight is 354 g/mol. The molecule has 3 rings (SSSR count). The summed E-state index contributed by atoms with van der Waals surface area (Å²) in [7, 11) is 2.00. The number of amides is 1. The van der Waals surface area contributed by atoms with E-state index in [2.05, 4.69) is 23.4 Å². The van der Waals surface area contributed by atoms with Crippen LogP contribution in [0.3, 0.4) is 0 Å². The summed E-state index contributed by atoms with van der Waals surface area (Å²) >= 11 is 0. The van der Waals surface area contributed by atoms with E-state index in [0.717, 1.165) is 61.9 Å². The van der Waals surface area contributed by atoms with Gasteiger partial charge in [0, 0.05) is 24.3 Å². The van der Waals surface area contributed by atoms with Crippen molar-refractivity contribution in [1.82, 2.24) is 20.0 Å². The maximum absolute atomic E-state index is 12.7. The zero-order valence-electron chi connectivity index (χ0n) is 16.2. The zero-order chi connectivity index (χ0) is 18.5. The second-order valence-corrected chi connectivity index (χ2v) is 7.41. The summed E-state index contributed by atoms with van der Waals surface area (Å²) < 4.78 is 2.00. The predicted octanol–water partition coefficient (Wildman–Crippen LogP) is 3.01. The van der Waals surface area contributed by atoms with Crippen molar-refractivity contribution in [3.63, 3.8) is 0 Å². The maximum Gasteiger partial charge on any atom is 0.253 e. The molecule has 0 bridgehead atoms. The van der Waals surface area contributed by atoms with Crippen LogP contribution in [0.5, 0.6) is 0 Å². The third-order valence-electron chi connectivity index (χ3n) is 5.34. The van der Waals surface area contributed by atoms with Gasteiger partial charge in [-0.2, -0.15) is 5.10 Å². The smallest absolute Gasteiger partial charge is 0.253 e. The Morgan fingerprint density at radius 3 is 2.46 bits per heavy atom. The van der Waals surface area contributed by atoms with Crippen molar-refractivity contribution in [2.75, 3.05) is 26.7 Å². The first-order valence-electron chi connectivity index (χ1n) is 9.60. The van der Waals surface area contributed by atoms with Crippen LogP contribution >= 0.6 is 0 Å². The van der Waals surface area contributed by atoms with E-state index in [9.17, 15) is 4.79 Å². The van der Waals surface area contributed by atoms with Gasteiger partial charge in [-0.15, -0.1) is 0 Å². The first kappa shape index (κ1) is 18.6. The third-order valence-corrected chi connectivity index (χ3v) is 5.34. The third kappa shape index (κ3) is 4.52. The Bertz CT molecular complexity index is 727. The van der Waals surface area contributed by atoms with Gasteiger partial charge in [0.25, 0.3) is 5.91 Å². The fourth-order valence-electron chi connectivity index (χ4n) is 3.72. The highest BCUT2D eigenvalue weighted by atomic mass is 16.2. The lowest BCUT2D eigenvalue weighted by molar-refractivity contribution is 0.0687. The minimum absolute atomic E-state index is 0.162. The van der Waals surface area contributed by atoms with Gasteiger partial charge >= 0.3 is 0 Å². The van der Waals surface area contributed by atoms with Crippen LogP contribution in [-0.4, -0.2) is 47.3 Å². The van der Waals surface area contributed by atoms with Crippen LogP contribution in [0.15, 0.2) is 30.3 Å². The molecular weight excluding hydrogens is 324 g/mol. The second kappa shape index (κ2) is 8.49. The molecule has 1 aliphatic heterocycles. The molecule has 5 heteroatoms. The van der Waals surface area contributed by atoms with Crippen molar-refractivity contribution in [2.24, 2.45) is 5.92 Å². The molecule has 0 unspecified atom stereocenters. The standard InChI is InChI=1S/C21H30N4O/c1-16-14-17(2)25(23-16)15-19-4-6-20(7-5-19)21(26)24-12-9-18(10-13-24)8-11-22-3/h4-7,14,18,22H,8-13,15H2,1-3H3. The molecule has 0 radical (unpaired) electrons. The van der Waals surface area contributed by atoms with Crippen LogP contribution in [0.25, 0.3) is 0 Å². The molecule has 0 atom stereocenters. The van der Waals surface area contributed by atoms with E-state index in [1.807, 2.05) is 47.8 Å². The molecule has 0 aliphatic carbocycles. The predicted molar refractivity (Wildman–Crippen MR) is 104 cm³/mol. The Balaban J connectivity index is 1.56. The van der Waals surface area contributed by atoms with Crippen molar-refractivity contribution in [2.45, 2.75) is 39.7 Å². The van der Waals surface area contributed by atoms with Crippen LogP contribution < -0.4 is 5.32 Å². The number of nitrogens with zero attached hydrogens (tertiary/aromatic N) is 3.